The Bertz CT molecular complexity index is 544. The summed E-state index contributed by atoms with van der Waals surface area (Å²) >= 11 is 0. The van der Waals surface area contributed by atoms with Crippen molar-refractivity contribution in [2.75, 3.05) is 6.54 Å². The Morgan fingerprint density at radius 3 is 2.80 bits per heavy atom. The monoisotopic (exact) mass is 273 g/mol. The standard InChI is InChI=1S/C15H19N3O2/c1-11-14(12(2)20-18-11)6-7-15(19)17-10-8-13-5-3-4-9-16-13/h3-5,9H,6-8,10H2,1-2H3,(H,17,19). The highest BCUT2D eigenvalue weighted by atomic mass is 16.5. The molecule has 0 radical (unpaired) electrons. The van der Waals surface area contributed by atoms with Crippen LogP contribution in [0.15, 0.2) is 28.9 Å². The van der Waals surface area contributed by atoms with E-state index in [2.05, 4.69) is 15.5 Å². The fourth-order valence-corrected chi connectivity index (χ4v) is 2.06. The lowest BCUT2D eigenvalue weighted by Gasteiger charge is -2.05. The van der Waals surface area contributed by atoms with Crippen molar-refractivity contribution in [3.05, 3.63) is 47.1 Å². The summed E-state index contributed by atoms with van der Waals surface area (Å²) < 4.78 is 5.08. The van der Waals surface area contributed by atoms with E-state index in [1.54, 1.807) is 6.20 Å². The van der Waals surface area contributed by atoms with Crippen LogP contribution in [0.4, 0.5) is 0 Å². The van der Waals surface area contributed by atoms with Crippen molar-refractivity contribution in [3.63, 3.8) is 0 Å². The smallest absolute Gasteiger partial charge is 0.220 e. The van der Waals surface area contributed by atoms with Gasteiger partial charge in [-0.2, -0.15) is 0 Å². The van der Waals surface area contributed by atoms with Crippen molar-refractivity contribution >= 4 is 5.91 Å². The molecule has 2 heterocycles. The van der Waals surface area contributed by atoms with E-state index in [4.69, 9.17) is 4.52 Å². The van der Waals surface area contributed by atoms with E-state index in [1.807, 2.05) is 32.0 Å². The van der Waals surface area contributed by atoms with Crippen LogP contribution in [0.3, 0.4) is 0 Å². The molecule has 0 saturated carbocycles. The lowest BCUT2D eigenvalue weighted by atomic mass is 10.1. The molecule has 2 rings (SSSR count). The van der Waals surface area contributed by atoms with Crippen molar-refractivity contribution in [2.24, 2.45) is 0 Å². The van der Waals surface area contributed by atoms with Gasteiger partial charge in [0.15, 0.2) is 0 Å². The molecule has 0 aliphatic heterocycles. The summed E-state index contributed by atoms with van der Waals surface area (Å²) in [5.41, 5.74) is 2.88. The summed E-state index contributed by atoms with van der Waals surface area (Å²) in [6.45, 7) is 4.37. The van der Waals surface area contributed by atoms with E-state index in [-0.39, 0.29) is 5.91 Å². The Morgan fingerprint density at radius 2 is 2.15 bits per heavy atom. The van der Waals surface area contributed by atoms with Crippen molar-refractivity contribution < 1.29 is 9.32 Å². The number of pyridine rings is 1. The molecule has 2 aromatic heterocycles. The van der Waals surface area contributed by atoms with Crippen LogP contribution in [0.1, 0.15) is 29.1 Å². The molecule has 0 atom stereocenters. The molecule has 20 heavy (non-hydrogen) atoms. The van der Waals surface area contributed by atoms with Gasteiger partial charge in [0, 0.05) is 36.8 Å². The minimum absolute atomic E-state index is 0.0425. The Kier molecular flexibility index (Phi) is 4.87. The highest BCUT2D eigenvalue weighted by Crippen LogP contribution is 2.14. The van der Waals surface area contributed by atoms with Gasteiger partial charge in [-0.25, -0.2) is 0 Å². The van der Waals surface area contributed by atoms with E-state index in [0.29, 0.717) is 19.4 Å². The first-order valence-corrected chi connectivity index (χ1v) is 6.75. The molecular weight excluding hydrogens is 254 g/mol. The number of aromatic nitrogens is 2. The minimum atomic E-state index is 0.0425. The Labute approximate surface area is 118 Å². The first-order valence-electron chi connectivity index (χ1n) is 6.75. The number of hydrogen-bond acceptors (Lipinski definition) is 4. The van der Waals surface area contributed by atoms with E-state index in [0.717, 1.165) is 29.1 Å². The lowest BCUT2D eigenvalue weighted by molar-refractivity contribution is -0.121. The van der Waals surface area contributed by atoms with E-state index < -0.39 is 0 Å². The Balaban J connectivity index is 1.71. The summed E-state index contributed by atoms with van der Waals surface area (Å²) in [5, 5.41) is 6.78. The highest BCUT2D eigenvalue weighted by Gasteiger charge is 2.10. The molecule has 0 spiro atoms. The van der Waals surface area contributed by atoms with Gasteiger partial charge in [0.1, 0.15) is 5.76 Å². The molecule has 0 aliphatic carbocycles. The predicted molar refractivity (Wildman–Crippen MR) is 75.2 cm³/mol. The zero-order valence-electron chi connectivity index (χ0n) is 11.8. The molecule has 1 amide bonds. The van der Waals surface area contributed by atoms with Crippen LogP contribution >= 0.6 is 0 Å². The summed E-state index contributed by atoms with van der Waals surface area (Å²) in [7, 11) is 0. The Morgan fingerprint density at radius 1 is 1.30 bits per heavy atom. The third-order valence-electron chi connectivity index (χ3n) is 3.21. The largest absolute Gasteiger partial charge is 0.361 e. The zero-order valence-corrected chi connectivity index (χ0v) is 11.8. The van der Waals surface area contributed by atoms with Gasteiger partial charge in [-0.15, -0.1) is 0 Å². The molecule has 0 bridgehead atoms. The number of amides is 1. The number of carbonyl (C=O) groups excluding carboxylic acids is 1. The van der Waals surface area contributed by atoms with Crippen molar-refractivity contribution in [2.45, 2.75) is 33.1 Å². The fraction of sp³-hybridized carbons (Fsp3) is 0.400. The zero-order chi connectivity index (χ0) is 14.4. The van der Waals surface area contributed by atoms with Gasteiger partial charge in [-0.05, 0) is 32.4 Å². The van der Waals surface area contributed by atoms with E-state index in [9.17, 15) is 4.79 Å². The molecule has 0 saturated heterocycles. The first kappa shape index (κ1) is 14.2. The molecule has 0 aromatic carbocycles. The second-order valence-corrected chi connectivity index (χ2v) is 4.72. The SMILES string of the molecule is Cc1noc(C)c1CCC(=O)NCCc1ccccn1. The third-order valence-corrected chi connectivity index (χ3v) is 3.21. The van der Waals surface area contributed by atoms with Gasteiger partial charge in [0.05, 0.1) is 5.69 Å². The summed E-state index contributed by atoms with van der Waals surface area (Å²) in [5.74, 6) is 0.838. The molecular formula is C15H19N3O2. The van der Waals surface area contributed by atoms with Gasteiger partial charge in [-0.1, -0.05) is 11.2 Å². The summed E-state index contributed by atoms with van der Waals surface area (Å²) in [4.78, 5) is 16.0. The van der Waals surface area contributed by atoms with Crippen LogP contribution in [0.25, 0.3) is 0 Å². The number of rotatable bonds is 6. The maximum absolute atomic E-state index is 11.8. The van der Waals surface area contributed by atoms with Gasteiger partial charge < -0.3 is 9.84 Å². The highest BCUT2D eigenvalue weighted by molar-refractivity contribution is 5.76. The average molecular weight is 273 g/mol. The van der Waals surface area contributed by atoms with Crippen LogP contribution in [0, 0.1) is 13.8 Å². The van der Waals surface area contributed by atoms with E-state index >= 15 is 0 Å². The normalized spacial score (nSPS) is 10.5. The van der Waals surface area contributed by atoms with E-state index in [1.165, 1.54) is 0 Å². The topological polar surface area (TPSA) is 68.0 Å². The second-order valence-electron chi connectivity index (χ2n) is 4.72. The van der Waals surface area contributed by atoms with Gasteiger partial charge in [0.2, 0.25) is 5.91 Å². The maximum atomic E-state index is 11.8. The maximum Gasteiger partial charge on any atom is 0.220 e. The van der Waals surface area contributed by atoms with Crippen molar-refractivity contribution in [1.29, 1.82) is 0 Å². The summed E-state index contributed by atoms with van der Waals surface area (Å²) in [6, 6.07) is 5.78. The van der Waals surface area contributed by atoms with Crippen LogP contribution in [-0.2, 0) is 17.6 Å². The van der Waals surface area contributed by atoms with Crippen molar-refractivity contribution in [1.82, 2.24) is 15.5 Å². The molecule has 2 aromatic rings. The van der Waals surface area contributed by atoms with Crippen LogP contribution in [0.2, 0.25) is 0 Å². The quantitative estimate of drug-likeness (QED) is 0.873. The predicted octanol–water partition coefficient (Wildman–Crippen LogP) is 1.98. The number of nitrogens with one attached hydrogen (secondary N) is 1. The second kappa shape index (κ2) is 6.84. The Hall–Kier alpha value is -2.17. The molecule has 106 valence electrons. The first-order chi connectivity index (χ1) is 9.66. The van der Waals surface area contributed by atoms with Crippen molar-refractivity contribution in [3.8, 4) is 0 Å². The van der Waals surface area contributed by atoms with Crippen LogP contribution < -0.4 is 5.32 Å². The number of hydrogen-bond donors (Lipinski definition) is 1. The number of nitrogens with zero attached hydrogens (tertiary/aromatic N) is 2. The van der Waals surface area contributed by atoms with Gasteiger partial charge >= 0.3 is 0 Å². The molecule has 0 unspecified atom stereocenters. The molecule has 0 aliphatic rings. The molecule has 5 heteroatoms. The lowest BCUT2D eigenvalue weighted by Crippen LogP contribution is -2.26. The van der Waals surface area contributed by atoms with Crippen LogP contribution in [0.5, 0.6) is 0 Å². The minimum Gasteiger partial charge on any atom is -0.361 e. The number of aryl methyl sites for hydroxylation is 2. The summed E-state index contributed by atoms with van der Waals surface area (Å²) in [6.07, 6.45) is 3.62. The molecule has 5 nitrogen and oxygen atoms in total. The van der Waals surface area contributed by atoms with Crippen LogP contribution in [-0.4, -0.2) is 22.6 Å². The molecule has 1 N–H and O–H groups in total. The number of carbonyl (C=O) groups is 1. The fourth-order valence-electron chi connectivity index (χ4n) is 2.06. The average Bonchev–Trinajstić information content (AvgIpc) is 2.77. The van der Waals surface area contributed by atoms with Gasteiger partial charge in [0.25, 0.3) is 0 Å². The third kappa shape index (κ3) is 3.91. The van der Waals surface area contributed by atoms with Gasteiger partial charge in [-0.3, -0.25) is 9.78 Å². The molecule has 0 fully saturated rings.